The molecule has 4 nitrogen and oxygen atoms in total. The van der Waals surface area contributed by atoms with E-state index in [1.165, 1.54) is 5.56 Å². The van der Waals surface area contributed by atoms with E-state index in [9.17, 15) is 9.90 Å². The van der Waals surface area contributed by atoms with Crippen LogP contribution in [0.15, 0.2) is 30.3 Å². The molecule has 1 aliphatic carbocycles. The Morgan fingerprint density at radius 2 is 2.00 bits per heavy atom. The van der Waals surface area contributed by atoms with Crippen molar-refractivity contribution >= 4 is 12.0 Å². The second-order valence-electron chi connectivity index (χ2n) is 7.00. The molecule has 1 aromatic carbocycles. The Morgan fingerprint density at radius 1 is 1.33 bits per heavy atom. The van der Waals surface area contributed by atoms with E-state index < -0.39 is 0 Å². The van der Waals surface area contributed by atoms with Crippen LogP contribution in [-0.4, -0.2) is 47.8 Å². The summed E-state index contributed by atoms with van der Waals surface area (Å²) in [7, 11) is 0. The molecule has 1 saturated carbocycles. The molecule has 1 heterocycles. The number of likely N-dealkylation sites (tertiary alicyclic amines) is 1. The van der Waals surface area contributed by atoms with Gasteiger partial charge < -0.3 is 14.7 Å². The van der Waals surface area contributed by atoms with Crippen LogP contribution in [0.1, 0.15) is 37.3 Å². The molecule has 1 spiro atoms. The molecule has 130 valence electrons. The van der Waals surface area contributed by atoms with Crippen LogP contribution in [0.25, 0.3) is 6.08 Å². The molecule has 1 saturated heterocycles. The van der Waals surface area contributed by atoms with E-state index in [-0.39, 0.29) is 23.5 Å². The number of nitrogens with zero attached hydrogens (tertiary/aromatic N) is 1. The van der Waals surface area contributed by atoms with Crippen LogP contribution in [0.2, 0.25) is 0 Å². The van der Waals surface area contributed by atoms with E-state index >= 15 is 0 Å². The maximum absolute atomic E-state index is 12.4. The molecule has 1 aromatic rings. The van der Waals surface area contributed by atoms with Gasteiger partial charge in [0.05, 0.1) is 12.2 Å². The molecule has 2 atom stereocenters. The minimum atomic E-state index is -0.283. The molecule has 1 aliphatic heterocycles. The number of carbonyl (C=O) groups is 1. The van der Waals surface area contributed by atoms with Crippen molar-refractivity contribution in [3.05, 3.63) is 41.5 Å². The van der Waals surface area contributed by atoms with E-state index in [1.54, 1.807) is 6.08 Å². The van der Waals surface area contributed by atoms with Crippen molar-refractivity contribution in [2.24, 2.45) is 5.41 Å². The van der Waals surface area contributed by atoms with E-state index in [1.807, 2.05) is 49.1 Å². The van der Waals surface area contributed by atoms with E-state index in [2.05, 4.69) is 0 Å². The fraction of sp³-hybridized carbons (Fsp3) is 0.550. The van der Waals surface area contributed by atoms with E-state index in [4.69, 9.17) is 4.74 Å². The maximum atomic E-state index is 12.4. The molecule has 3 rings (SSSR count). The van der Waals surface area contributed by atoms with Crippen LogP contribution in [0.4, 0.5) is 0 Å². The van der Waals surface area contributed by atoms with Crippen molar-refractivity contribution in [1.29, 1.82) is 0 Å². The van der Waals surface area contributed by atoms with Gasteiger partial charge in [-0.15, -0.1) is 0 Å². The normalized spacial score (nSPS) is 25.9. The van der Waals surface area contributed by atoms with Crippen LogP contribution in [0.5, 0.6) is 0 Å². The Hall–Kier alpha value is -1.65. The molecule has 1 N–H and O–H groups in total. The Balaban J connectivity index is 1.56. The van der Waals surface area contributed by atoms with Crippen molar-refractivity contribution in [3.8, 4) is 0 Å². The third kappa shape index (κ3) is 3.26. The summed E-state index contributed by atoms with van der Waals surface area (Å²) < 4.78 is 5.77. The van der Waals surface area contributed by atoms with Gasteiger partial charge in [-0.1, -0.05) is 29.8 Å². The van der Waals surface area contributed by atoms with Crippen molar-refractivity contribution in [2.45, 2.75) is 45.3 Å². The Labute approximate surface area is 144 Å². The van der Waals surface area contributed by atoms with Crippen molar-refractivity contribution in [1.82, 2.24) is 4.90 Å². The highest BCUT2D eigenvalue weighted by atomic mass is 16.5. The highest BCUT2D eigenvalue weighted by Gasteiger charge is 2.56. The molecule has 2 fully saturated rings. The number of aliphatic hydroxyl groups is 1. The number of piperidine rings is 1. The van der Waals surface area contributed by atoms with E-state index in [0.29, 0.717) is 19.7 Å². The zero-order valence-electron chi connectivity index (χ0n) is 14.6. The molecule has 2 unspecified atom stereocenters. The average Bonchev–Trinajstić information content (AvgIpc) is 2.61. The lowest BCUT2D eigenvalue weighted by atomic mass is 9.58. The average molecular weight is 329 g/mol. The van der Waals surface area contributed by atoms with Crippen LogP contribution in [0.3, 0.4) is 0 Å². The number of aliphatic hydroxyl groups excluding tert-OH is 1. The van der Waals surface area contributed by atoms with Gasteiger partial charge in [0.1, 0.15) is 0 Å². The summed E-state index contributed by atoms with van der Waals surface area (Å²) in [6.07, 6.45) is 5.76. The largest absolute Gasteiger partial charge is 0.392 e. The van der Waals surface area contributed by atoms with Crippen LogP contribution in [0, 0.1) is 12.3 Å². The standard InChI is InChI=1S/C20H27NO3/c1-3-24-18-14-17(22)20(18)10-12-21(13-11-20)19(23)9-8-16-6-4-15(2)5-7-16/h4-9,17-18,22H,3,10-14H2,1-2H3/b9-8+. The summed E-state index contributed by atoms with van der Waals surface area (Å²) in [5.74, 6) is 0.0483. The highest BCUT2D eigenvalue weighted by Crippen LogP contribution is 2.50. The summed E-state index contributed by atoms with van der Waals surface area (Å²) in [6, 6.07) is 8.12. The van der Waals surface area contributed by atoms with Gasteiger partial charge in [0, 0.05) is 37.6 Å². The molecule has 1 amide bonds. The third-order valence-electron chi connectivity index (χ3n) is 5.61. The zero-order valence-corrected chi connectivity index (χ0v) is 14.6. The summed E-state index contributed by atoms with van der Waals surface area (Å²) in [5.41, 5.74) is 2.11. The van der Waals surface area contributed by atoms with Gasteiger partial charge in [0.15, 0.2) is 0 Å². The molecule has 0 aromatic heterocycles. The second-order valence-corrected chi connectivity index (χ2v) is 7.00. The first-order chi connectivity index (χ1) is 11.5. The number of carbonyl (C=O) groups excluding carboxylic acids is 1. The molecule has 0 radical (unpaired) electrons. The van der Waals surface area contributed by atoms with Crippen molar-refractivity contribution in [2.75, 3.05) is 19.7 Å². The monoisotopic (exact) mass is 329 g/mol. The summed E-state index contributed by atoms with van der Waals surface area (Å²) in [5, 5.41) is 10.2. The van der Waals surface area contributed by atoms with Gasteiger partial charge in [0.2, 0.25) is 5.91 Å². The Bertz CT molecular complexity index is 598. The number of ether oxygens (including phenoxy) is 1. The molecule has 24 heavy (non-hydrogen) atoms. The van der Waals surface area contributed by atoms with Crippen LogP contribution in [-0.2, 0) is 9.53 Å². The Morgan fingerprint density at radius 3 is 2.58 bits per heavy atom. The molecular weight excluding hydrogens is 302 g/mol. The van der Waals surface area contributed by atoms with Gasteiger partial charge in [-0.05, 0) is 38.3 Å². The number of hydrogen-bond acceptors (Lipinski definition) is 3. The van der Waals surface area contributed by atoms with E-state index in [0.717, 1.165) is 24.8 Å². The second kappa shape index (κ2) is 7.08. The fourth-order valence-electron chi connectivity index (χ4n) is 3.91. The molecule has 0 bridgehead atoms. The predicted molar refractivity (Wildman–Crippen MR) is 94.5 cm³/mol. The predicted octanol–water partition coefficient (Wildman–Crippen LogP) is 2.79. The molecule has 4 heteroatoms. The lowest BCUT2D eigenvalue weighted by Crippen LogP contribution is -2.62. The van der Waals surface area contributed by atoms with Crippen molar-refractivity contribution in [3.63, 3.8) is 0 Å². The number of benzene rings is 1. The van der Waals surface area contributed by atoms with Gasteiger partial charge in [-0.3, -0.25) is 4.79 Å². The topological polar surface area (TPSA) is 49.8 Å². The van der Waals surface area contributed by atoms with Gasteiger partial charge in [-0.2, -0.15) is 0 Å². The first-order valence-electron chi connectivity index (χ1n) is 8.88. The summed E-state index contributed by atoms with van der Waals surface area (Å²) in [6.45, 7) is 6.11. The molecular formula is C20H27NO3. The lowest BCUT2D eigenvalue weighted by molar-refractivity contribution is -0.209. The van der Waals surface area contributed by atoms with Crippen LogP contribution >= 0.6 is 0 Å². The van der Waals surface area contributed by atoms with Gasteiger partial charge >= 0.3 is 0 Å². The number of aryl methyl sites for hydroxylation is 1. The minimum Gasteiger partial charge on any atom is -0.392 e. The highest BCUT2D eigenvalue weighted by molar-refractivity contribution is 5.91. The van der Waals surface area contributed by atoms with Gasteiger partial charge in [-0.25, -0.2) is 0 Å². The Kier molecular flexibility index (Phi) is 5.07. The summed E-state index contributed by atoms with van der Waals surface area (Å²) >= 11 is 0. The number of rotatable bonds is 4. The zero-order chi connectivity index (χ0) is 17.2. The molecule has 2 aliphatic rings. The number of hydrogen-bond donors (Lipinski definition) is 1. The quantitative estimate of drug-likeness (QED) is 0.864. The lowest BCUT2D eigenvalue weighted by Gasteiger charge is -2.56. The third-order valence-corrected chi connectivity index (χ3v) is 5.61. The smallest absolute Gasteiger partial charge is 0.246 e. The minimum absolute atomic E-state index is 0.0483. The van der Waals surface area contributed by atoms with Gasteiger partial charge in [0.25, 0.3) is 0 Å². The first kappa shape index (κ1) is 17.2. The SMILES string of the molecule is CCOC1CC(O)C12CCN(C(=O)/C=C/c1ccc(C)cc1)CC2. The number of amides is 1. The fourth-order valence-corrected chi connectivity index (χ4v) is 3.91. The maximum Gasteiger partial charge on any atom is 0.246 e. The van der Waals surface area contributed by atoms with Crippen molar-refractivity contribution < 1.29 is 14.6 Å². The van der Waals surface area contributed by atoms with Crippen LogP contribution < -0.4 is 0 Å². The first-order valence-corrected chi connectivity index (χ1v) is 8.88. The summed E-state index contributed by atoms with van der Waals surface area (Å²) in [4.78, 5) is 14.3.